The van der Waals surface area contributed by atoms with E-state index in [1.165, 1.54) is 5.56 Å². The monoisotopic (exact) mass is 463 g/mol. The number of anilines is 1. The molecular formula is C25H22BrNO3. The first-order chi connectivity index (χ1) is 14.5. The van der Waals surface area contributed by atoms with Crippen LogP contribution >= 0.6 is 15.9 Å². The van der Waals surface area contributed by atoms with E-state index in [0.717, 1.165) is 26.9 Å². The van der Waals surface area contributed by atoms with Gasteiger partial charge in [-0.25, -0.2) is 0 Å². The maximum Gasteiger partial charge on any atom is 0.256 e. The van der Waals surface area contributed by atoms with Crippen LogP contribution in [0.1, 0.15) is 29.2 Å². The molecule has 0 fully saturated rings. The van der Waals surface area contributed by atoms with E-state index < -0.39 is 0 Å². The van der Waals surface area contributed by atoms with Crippen molar-refractivity contribution in [1.29, 1.82) is 0 Å². The average molecular weight is 464 g/mol. The Balaban J connectivity index is 1.65. The number of amides is 1. The van der Waals surface area contributed by atoms with Crippen molar-refractivity contribution in [2.75, 3.05) is 11.9 Å². The molecule has 1 heterocycles. The number of hydrogen-bond acceptors (Lipinski definition) is 3. The number of para-hydroxylation sites is 1. The summed E-state index contributed by atoms with van der Waals surface area (Å²) in [5.41, 5.74) is 5.50. The summed E-state index contributed by atoms with van der Waals surface area (Å²) in [6.07, 6.45) is 1.87. The number of ether oxygens (including phenoxy) is 2. The molecule has 4 rings (SSSR count). The second kappa shape index (κ2) is 8.76. The third-order valence-corrected chi connectivity index (χ3v) is 5.57. The fraction of sp³-hybridized carbons (Fsp3) is 0.160. The second-order valence-corrected chi connectivity index (χ2v) is 7.94. The largest absolute Gasteiger partial charge is 0.490 e. The summed E-state index contributed by atoms with van der Waals surface area (Å²) in [6.45, 7) is 4.96. The lowest BCUT2D eigenvalue weighted by Crippen LogP contribution is -2.04. The first-order valence-electron chi connectivity index (χ1n) is 9.82. The lowest BCUT2D eigenvalue weighted by molar-refractivity contribution is -0.110. The quantitative estimate of drug-likeness (QED) is 0.440. The summed E-state index contributed by atoms with van der Waals surface area (Å²) in [5, 5.41) is 2.90. The highest BCUT2D eigenvalue weighted by Crippen LogP contribution is 2.38. The Morgan fingerprint density at radius 1 is 1.00 bits per heavy atom. The van der Waals surface area contributed by atoms with Crippen molar-refractivity contribution in [2.45, 2.75) is 20.5 Å². The maximum absolute atomic E-state index is 12.5. The number of carbonyl (C=O) groups is 1. The molecule has 4 nitrogen and oxygen atoms in total. The van der Waals surface area contributed by atoms with E-state index >= 15 is 0 Å². The van der Waals surface area contributed by atoms with Crippen LogP contribution < -0.4 is 14.8 Å². The Morgan fingerprint density at radius 2 is 1.73 bits per heavy atom. The van der Waals surface area contributed by atoms with Gasteiger partial charge in [0.25, 0.3) is 5.91 Å². The highest BCUT2D eigenvalue weighted by atomic mass is 79.9. The molecule has 152 valence electrons. The van der Waals surface area contributed by atoms with Crippen LogP contribution in [0, 0.1) is 6.92 Å². The third kappa shape index (κ3) is 4.26. The average Bonchev–Trinajstić information content (AvgIpc) is 3.05. The van der Waals surface area contributed by atoms with E-state index in [0.29, 0.717) is 30.3 Å². The van der Waals surface area contributed by atoms with Crippen LogP contribution in [0.5, 0.6) is 11.5 Å². The van der Waals surface area contributed by atoms with Crippen molar-refractivity contribution in [3.63, 3.8) is 0 Å². The van der Waals surface area contributed by atoms with Gasteiger partial charge in [0.2, 0.25) is 0 Å². The number of fused-ring (bicyclic) bond motifs is 1. The molecular weight excluding hydrogens is 442 g/mol. The lowest BCUT2D eigenvalue weighted by Gasteiger charge is -2.14. The van der Waals surface area contributed by atoms with Gasteiger partial charge in [0, 0.05) is 21.3 Å². The Hall–Kier alpha value is -3.05. The summed E-state index contributed by atoms with van der Waals surface area (Å²) in [4.78, 5) is 12.5. The number of rotatable bonds is 6. The van der Waals surface area contributed by atoms with Crippen LogP contribution in [0.2, 0.25) is 0 Å². The molecule has 0 aromatic heterocycles. The minimum atomic E-state index is -0.110. The van der Waals surface area contributed by atoms with Gasteiger partial charge in [-0.1, -0.05) is 64.0 Å². The van der Waals surface area contributed by atoms with E-state index in [1.54, 1.807) is 0 Å². The molecule has 1 aliphatic heterocycles. The number of hydrogen-bond donors (Lipinski definition) is 1. The van der Waals surface area contributed by atoms with Gasteiger partial charge in [-0.3, -0.25) is 4.79 Å². The van der Waals surface area contributed by atoms with Gasteiger partial charge in [0.15, 0.2) is 11.5 Å². The minimum Gasteiger partial charge on any atom is -0.490 e. The zero-order valence-electron chi connectivity index (χ0n) is 16.9. The highest BCUT2D eigenvalue weighted by molar-refractivity contribution is 9.10. The molecule has 1 N–H and O–H groups in total. The molecule has 1 amide bonds. The van der Waals surface area contributed by atoms with Gasteiger partial charge in [-0.15, -0.1) is 0 Å². The van der Waals surface area contributed by atoms with Crippen molar-refractivity contribution in [3.05, 3.63) is 87.4 Å². The molecule has 0 bridgehead atoms. The van der Waals surface area contributed by atoms with Crippen molar-refractivity contribution < 1.29 is 14.3 Å². The minimum absolute atomic E-state index is 0.110. The molecule has 3 aromatic rings. The molecule has 0 atom stereocenters. The topological polar surface area (TPSA) is 47.6 Å². The van der Waals surface area contributed by atoms with Gasteiger partial charge in [0.05, 0.1) is 6.61 Å². The van der Waals surface area contributed by atoms with Crippen molar-refractivity contribution >= 4 is 39.2 Å². The zero-order chi connectivity index (χ0) is 21.1. The summed E-state index contributed by atoms with van der Waals surface area (Å²) in [7, 11) is 0. The number of aryl methyl sites for hydroxylation is 1. The Morgan fingerprint density at radius 3 is 2.50 bits per heavy atom. The van der Waals surface area contributed by atoms with E-state index in [-0.39, 0.29) is 5.91 Å². The van der Waals surface area contributed by atoms with Crippen molar-refractivity contribution in [3.8, 4) is 11.5 Å². The van der Waals surface area contributed by atoms with E-state index in [1.807, 2.05) is 49.4 Å². The Kier molecular flexibility index (Phi) is 5.91. The molecule has 0 saturated heterocycles. The van der Waals surface area contributed by atoms with E-state index in [4.69, 9.17) is 9.47 Å². The van der Waals surface area contributed by atoms with Gasteiger partial charge >= 0.3 is 0 Å². The van der Waals surface area contributed by atoms with Crippen LogP contribution in [-0.4, -0.2) is 12.5 Å². The van der Waals surface area contributed by atoms with Crippen molar-refractivity contribution in [1.82, 2.24) is 0 Å². The second-order valence-electron chi connectivity index (χ2n) is 7.09. The SMILES string of the molecule is CCOc1cc(/C=C2\C(=O)Nc3ccccc32)c(Br)cc1OCc1ccc(C)cc1. The summed E-state index contributed by atoms with van der Waals surface area (Å²) in [6, 6.07) is 19.7. The molecule has 0 aliphatic carbocycles. The van der Waals surface area contributed by atoms with Crippen LogP contribution in [0.4, 0.5) is 5.69 Å². The predicted octanol–water partition coefficient (Wildman–Crippen LogP) is 6.23. The summed E-state index contributed by atoms with van der Waals surface area (Å²) < 4.78 is 12.7. The molecule has 0 saturated carbocycles. The smallest absolute Gasteiger partial charge is 0.256 e. The number of carbonyl (C=O) groups excluding carboxylic acids is 1. The molecule has 5 heteroatoms. The van der Waals surface area contributed by atoms with Crippen LogP contribution in [0.15, 0.2) is 65.1 Å². The van der Waals surface area contributed by atoms with Crippen LogP contribution in [0.3, 0.4) is 0 Å². The van der Waals surface area contributed by atoms with Crippen LogP contribution in [-0.2, 0) is 11.4 Å². The van der Waals surface area contributed by atoms with Crippen molar-refractivity contribution in [2.24, 2.45) is 0 Å². The number of nitrogens with one attached hydrogen (secondary N) is 1. The molecule has 0 unspecified atom stereocenters. The summed E-state index contributed by atoms with van der Waals surface area (Å²) >= 11 is 3.62. The maximum atomic E-state index is 12.5. The molecule has 0 spiro atoms. The third-order valence-electron chi connectivity index (χ3n) is 4.89. The standard InChI is InChI=1S/C25H22BrNO3/c1-3-29-23-13-18(12-20-19-6-4-5-7-22(19)27-25(20)28)21(26)14-24(23)30-15-17-10-8-16(2)9-11-17/h4-14H,3,15H2,1-2H3,(H,27,28)/b20-12-. The molecule has 30 heavy (non-hydrogen) atoms. The number of benzene rings is 3. The normalized spacial score (nSPS) is 13.8. The lowest BCUT2D eigenvalue weighted by atomic mass is 10.0. The van der Waals surface area contributed by atoms with Gasteiger partial charge in [0.1, 0.15) is 6.61 Å². The van der Waals surface area contributed by atoms with Gasteiger partial charge in [-0.2, -0.15) is 0 Å². The highest BCUT2D eigenvalue weighted by Gasteiger charge is 2.24. The molecule has 0 radical (unpaired) electrons. The number of halogens is 1. The first kappa shape index (κ1) is 20.2. The Labute approximate surface area is 184 Å². The van der Waals surface area contributed by atoms with Gasteiger partial charge < -0.3 is 14.8 Å². The summed E-state index contributed by atoms with van der Waals surface area (Å²) in [5.74, 6) is 1.19. The molecule has 1 aliphatic rings. The van der Waals surface area contributed by atoms with Crippen LogP contribution in [0.25, 0.3) is 11.6 Å². The molecule has 3 aromatic carbocycles. The zero-order valence-corrected chi connectivity index (χ0v) is 18.5. The Bertz CT molecular complexity index is 1120. The fourth-order valence-electron chi connectivity index (χ4n) is 3.33. The van der Waals surface area contributed by atoms with Gasteiger partial charge in [-0.05, 0) is 49.2 Å². The first-order valence-corrected chi connectivity index (χ1v) is 10.6. The van der Waals surface area contributed by atoms with E-state index in [9.17, 15) is 4.79 Å². The van der Waals surface area contributed by atoms with E-state index in [2.05, 4.69) is 52.4 Å². The predicted molar refractivity (Wildman–Crippen MR) is 124 cm³/mol. The fourth-order valence-corrected chi connectivity index (χ4v) is 3.76.